The molecule has 2 bridgehead atoms. The third-order valence-electron chi connectivity index (χ3n) is 9.07. The molecule has 4 aliphatic rings. The van der Waals surface area contributed by atoms with Crippen molar-refractivity contribution in [2.45, 2.75) is 76.2 Å². The highest BCUT2D eigenvalue weighted by atomic mass is 16.5. The molecule has 3 fully saturated rings. The molecule has 3 aliphatic heterocycles. The fourth-order valence-electron chi connectivity index (χ4n) is 7.07. The van der Waals surface area contributed by atoms with Crippen LogP contribution >= 0.6 is 0 Å². The monoisotopic (exact) mass is 557 g/mol. The number of hydrogen-bond acceptors (Lipinski definition) is 5. The molecule has 0 radical (unpaired) electrons. The topological polar surface area (TPSA) is 97.0 Å². The predicted octanol–water partition coefficient (Wildman–Crippen LogP) is 4.17. The number of carbonyl (C=O) groups is 3. The Morgan fingerprint density at radius 2 is 1.76 bits per heavy atom. The fourth-order valence-corrected chi connectivity index (χ4v) is 7.07. The van der Waals surface area contributed by atoms with Crippen LogP contribution in [0.25, 0.3) is 0 Å². The molecule has 5 atom stereocenters. The van der Waals surface area contributed by atoms with E-state index in [0.717, 1.165) is 37.0 Å². The number of carbonyl (C=O) groups excluding carboxylic acids is 3. The molecule has 1 saturated carbocycles. The third-order valence-corrected chi connectivity index (χ3v) is 9.07. The molecule has 2 N–H and O–H groups in total. The van der Waals surface area contributed by atoms with Crippen molar-refractivity contribution in [3.05, 3.63) is 71.8 Å². The molecule has 2 saturated heterocycles. The smallest absolute Gasteiger partial charge is 0.246 e. The van der Waals surface area contributed by atoms with Crippen LogP contribution in [0.4, 0.5) is 5.69 Å². The summed E-state index contributed by atoms with van der Waals surface area (Å²) in [7, 11) is 0. The lowest BCUT2D eigenvalue weighted by atomic mass is 9.74. The average molecular weight is 558 g/mol. The minimum Gasteiger partial charge on any atom is -0.494 e. The highest BCUT2D eigenvalue weighted by Gasteiger charge is 2.72. The number of ether oxygens (including phenoxy) is 2. The van der Waals surface area contributed by atoms with Crippen molar-refractivity contribution in [1.29, 1.82) is 0 Å². The first-order valence-electron chi connectivity index (χ1n) is 15.0. The number of benzene rings is 2. The molecule has 8 heteroatoms. The number of hydrogen-bond donors (Lipinski definition) is 2. The van der Waals surface area contributed by atoms with Gasteiger partial charge in [-0.15, -0.1) is 0 Å². The van der Waals surface area contributed by atoms with E-state index in [1.54, 1.807) is 29.2 Å². The zero-order valence-electron chi connectivity index (χ0n) is 23.8. The quantitative estimate of drug-likeness (QED) is 0.451. The number of likely N-dealkylation sites (tertiary alicyclic amines) is 1. The Bertz CT molecular complexity index is 1320. The first-order chi connectivity index (χ1) is 19.9. The van der Waals surface area contributed by atoms with E-state index in [2.05, 4.69) is 34.9 Å². The Morgan fingerprint density at radius 1 is 1.02 bits per heavy atom. The van der Waals surface area contributed by atoms with Crippen molar-refractivity contribution in [2.24, 2.45) is 11.8 Å². The van der Waals surface area contributed by atoms with Gasteiger partial charge in [0.05, 0.1) is 24.5 Å². The first kappa shape index (κ1) is 27.5. The molecule has 3 unspecified atom stereocenters. The van der Waals surface area contributed by atoms with Gasteiger partial charge in [-0.3, -0.25) is 14.4 Å². The first-order valence-corrected chi connectivity index (χ1v) is 15.0. The number of anilines is 1. The van der Waals surface area contributed by atoms with Crippen LogP contribution in [0.5, 0.6) is 5.75 Å². The van der Waals surface area contributed by atoms with E-state index < -0.39 is 29.6 Å². The van der Waals surface area contributed by atoms with Gasteiger partial charge < -0.3 is 25.0 Å². The largest absolute Gasteiger partial charge is 0.494 e. The summed E-state index contributed by atoms with van der Waals surface area (Å²) in [5.74, 6) is -1.43. The molecule has 216 valence electrons. The molecule has 8 nitrogen and oxygen atoms in total. The van der Waals surface area contributed by atoms with Crippen molar-refractivity contribution in [1.82, 2.24) is 10.2 Å². The predicted molar refractivity (Wildman–Crippen MR) is 155 cm³/mol. The minimum atomic E-state index is -1.16. The Kier molecular flexibility index (Phi) is 7.60. The normalized spacial score (nSPS) is 28.5. The highest BCUT2D eigenvalue weighted by Crippen LogP contribution is 2.55. The van der Waals surface area contributed by atoms with Crippen LogP contribution in [0.15, 0.2) is 60.7 Å². The molecule has 3 amide bonds. The molecule has 2 aromatic carbocycles. The summed E-state index contributed by atoms with van der Waals surface area (Å²) < 4.78 is 12.0. The van der Waals surface area contributed by atoms with E-state index in [1.165, 1.54) is 12.0 Å². The Morgan fingerprint density at radius 3 is 2.46 bits per heavy atom. The second kappa shape index (κ2) is 11.3. The maximum absolute atomic E-state index is 14.2. The summed E-state index contributed by atoms with van der Waals surface area (Å²) in [6.45, 7) is 4.89. The van der Waals surface area contributed by atoms with Gasteiger partial charge in [-0.1, -0.05) is 61.2 Å². The lowest BCUT2D eigenvalue weighted by Gasteiger charge is -2.34. The van der Waals surface area contributed by atoms with Gasteiger partial charge in [-0.25, -0.2) is 0 Å². The second-order valence-electron chi connectivity index (χ2n) is 11.8. The number of nitrogens with zero attached hydrogens (tertiary/aromatic N) is 1. The number of amides is 3. The van der Waals surface area contributed by atoms with E-state index in [9.17, 15) is 14.4 Å². The van der Waals surface area contributed by atoms with Crippen LogP contribution < -0.4 is 15.4 Å². The van der Waals surface area contributed by atoms with Crippen LogP contribution in [0.2, 0.25) is 0 Å². The Balaban J connectivity index is 1.26. The van der Waals surface area contributed by atoms with Crippen LogP contribution in [0.1, 0.15) is 50.2 Å². The van der Waals surface area contributed by atoms with Gasteiger partial charge in [0.1, 0.15) is 17.4 Å². The molecular formula is C33H39N3O5. The van der Waals surface area contributed by atoms with Gasteiger partial charge in [0.15, 0.2) is 0 Å². The standard InChI is InChI=1S/C33H39N3O5/c1-3-40-25-15-13-24(14-16-25)34-30(37)27-26-17-19-33(41-26)28(27)32(39)36(20-18-22-11-9-21(2)10-12-22)29(33)31(38)35-23-7-5-4-6-8-23/h9-17,19,23,26-29H,3-8,18,20H2,1-2H3,(H,34,37)(H,35,38)/t26-,27?,28-,29?,33?/m1/s1. The van der Waals surface area contributed by atoms with Gasteiger partial charge >= 0.3 is 0 Å². The maximum atomic E-state index is 14.2. The van der Waals surface area contributed by atoms with Gasteiger partial charge in [-0.2, -0.15) is 0 Å². The summed E-state index contributed by atoms with van der Waals surface area (Å²) in [5, 5.41) is 6.22. The van der Waals surface area contributed by atoms with Crippen LogP contribution in [-0.2, 0) is 25.5 Å². The summed E-state index contributed by atoms with van der Waals surface area (Å²) in [5.41, 5.74) is 1.72. The van der Waals surface area contributed by atoms with E-state index in [-0.39, 0.29) is 23.8 Å². The van der Waals surface area contributed by atoms with E-state index in [0.29, 0.717) is 25.3 Å². The molecule has 6 rings (SSSR count). The summed E-state index contributed by atoms with van der Waals surface area (Å²) in [6, 6.07) is 14.7. The average Bonchev–Trinajstić information content (AvgIpc) is 3.62. The van der Waals surface area contributed by atoms with Crippen LogP contribution in [0, 0.1) is 18.8 Å². The summed E-state index contributed by atoms with van der Waals surface area (Å²) in [4.78, 5) is 43.5. The van der Waals surface area contributed by atoms with E-state index >= 15 is 0 Å². The van der Waals surface area contributed by atoms with Crippen molar-refractivity contribution >= 4 is 23.4 Å². The Hall–Kier alpha value is -3.65. The van der Waals surface area contributed by atoms with Crippen molar-refractivity contribution in [3.8, 4) is 5.75 Å². The maximum Gasteiger partial charge on any atom is 0.246 e. The van der Waals surface area contributed by atoms with Crippen LogP contribution in [0.3, 0.4) is 0 Å². The third kappa shape index (κ3) is 5.14. The highest BCUT2D eigenvalue weighted by molar-refractivity contribution is 6.02. The van der Waals surface area contributed by atoms with E-state index in [4.69, 9.17) is 9.47 Å². The van der Waals surface area contributed by atoms with Gasteiger partial charge in [0, 0.05) is 18.3 Å². The number of rotatable bonds is 9. The summed E-state index contributed by atoms with van der Waals surface area (Å²) in [6.07, 6.45) is 9.03. The molecular weight excluding hydrogens is 518 g/mol. The van der Waals surface area contributed by atoms with Gasteiger partial charge in [-0.05, 0) is 62.9 Å². The molecule has 2 aromatic rings. The Labute approximate surface area is 241 Å². The van der Waals surface area contributed by atoms with Gasteiger partial charge in [0.2, 0.25) is 17.7 Å². The summed E-state index contributed by atoms with van der Waals surface area (Å²) >= 11 is 0. The molecule has 41 heavy (non-hydrogen) atoms. The number of fused-ring (bicyclic) bond motifs is 1. The number of aryl methyl sites for hydroxylation is 1. The zero-order chi connectivity index (χ0) is 28.6. The SMILES string of the molecule is CCOc1ccc(NC(=O)C2[C@H]3C=CC4(O3)C(C(=O)NC3CCCCC3)N(CCc3ccc(C)cc3)C(=O)[C@@H]24)cc1. The van der Waals surface area contributed by atoms with Crippen LogP contribution in [-0.4, -0.2) is 59.6 Å². The van der Waals surface area contributed by atoms with Crippen molar-refractivity contribution < 1.29 is 23.9 Å². The molecule has 1 aliphatic carbocycles. The number of nitrogens with one attached hydrogen (secondary N) is 2. The zero-order valence-corrected chi connectivity index (χ0v) is 23.8. The molecule has 0 aromatic heterocycles. The lowest BCUT2D eigenvalue weighted by Crippen LogP contribution is -2.56. The molecule has 3 heterocycles. The van der Waals surface area contributed by atoms with Gasteiger partial charge in [0.25, 0.3) is 0 Å². The molecule has 1 spiro atoms. The van der Waals surface area contributed by atoms with E-state index in [1.807, 2.05) is 26.0 Å². The second-order valence-corrected chi connectivity index (χ2v) is 11.8. The fraction of sp³-hybridized carbons (Fsp3) is 0.485. The lowest BCUT2D eigenvalue weighted by molar-refractivity contribution is -0.141. The van der Waals surface area contributed by atoms with Crippen molar-refractivity contribution in [3.63, 3.8) is 0 Å². The van der Waals surface area contributed by atoms with Crippen molar-refractivity contribution in [2.75, 3.05) is 18.5 Å². The minimum absolute atomic E-state index is 0.0992.